The molecule has 0 unspecified atom stereocenters. The van der Waals surface area contributed by atoms with Crippen molar-refractivity contribution in [2.75, 3.05) is 0 Å². The van der Waals surface area contributed by atoms with Crippen LogP contribution in [0.2, 0.25) is 0 Å². The summed E-state index contributed by atoms with van der Waals surface area (Å²) in [6, 6.07) is 8.05. The number of aromatic hydroxyl groups is 8. The maximum Gasteiger partial charge on any atom is 0.200 e. The largest absolute Gasteiger partial charge is 0.508 e. The summed E-state index contributed by atoms with van der Waals surface area (Å²) in [6.07, 6.45) is 1.21. The summed E-state index contributed by atoms with van der Waals surface area (Å²) in [4.78, 5) is 0. The second-order valence-corrected chi connectivity index (χ2v) is 7.08. The van der Waals surface area contributed by atoms with Crippen LogP contribution < -0.4 is 0 Å². The lowest BCUT2D eigenvalue weighted by molar-refractivity contribution is 0.367. The van der Waals surface area contributed by atoms with Gasteiger partial charge >= 0.3 is 0 Å². The van der Waals surface area contributed by atoms with Crippen LogP contribution in [0.5, 0.6) is 46.0 Å². The molecule has 0 aromatic heterocycles. The molecule has 8 heteroatoms. The Labute approximate surface area is 171 Å². The Morgan fingerprint density at radius 1 is 0.400 bits per heavy atom. The van der Waals surface area contributed by atoms with E-state index in [1.165, 1.54) is 36.4 Å². The zero-order chi connectivity index (χ0) is 22.0. The highest BCUT2D eigenvalue weighted by Gasteiger charge is 2.14. The predicted molar refractivity (Wildman–Crippen MR) is 107 cm³/mol. The summed E-state index contributed by atoms with van der Waals surface area (Å²) in [6.45, 7) is 0. The summed E-state index contributed by atoms with van der Waals surface area (Å²) in [5.41, 5.74) is 1.96. The smallest absolute Gasteiger partial charge is 0.200 e. The van der Waals surface area contributed by atoms with Gasteiger partial charge in [0.25, 0.3) is 0 Å². The van der Waals surface area contributed by atoms with E-state index in [9.17, 15) is 40.9 Å². The lowest BCUT2D eigenvalue weighted by Gasteiger charge is -2.12. The number of benzene rings is 3. The molecule has 0 saturated heterocycles. The molecule has 0 spiro atoms. The number of rotatable bonds is 6. The van der Waals surface area contributed by atoms with Crippen molar-refractivity contribution in [2.24, 2.45) is 0 Å². The molecular formula is C22H22O8. The summed E-state index contributed by atoms with van der Waals surface area (Å²) in [5, 5.41) is 77.9. The summed E-state index contributed by atoms with van der Waals surface area (Å²) in [5.74, 6) is -3.09. The number of hydrogen-bond acceptors (Lipinski definition) is 8. The van der Waals surface area contributed by atoms with Gasteiger partial charge in [-0.15, -0.1) is 0 Å². The van der Waals surface area contributed by atoms with Crippen LogP contribution in [0.3, 0.4) is 0 Å². The molecule has 3 aromatic rings. The van der Waals surface area contributed by atoms with Crippen LogP contribution in [0.15, 0.2) is 36.4 Å². The average molecular weight is 414 g/mol. The minimum atomic E-state index is -0.604. The van der Waals surface area contributed by atoms with E-state index in [1.807, 2.05) is 0 Å². The topological polar surface area (TPSA) is 162 Å². The molecule has 0 heterocycles. The van der Waals surface area contributed by atoms with Crippen molar-refractivity contribution in [1.82, 2.24) is 0 Å². The van der Waals surface area contributed by atoms with Crippen LogP contribution in [0.4, 0.5) is 0 Å². The van der Waals surface area contributed by atoms with E-state index < -0.39 is 34.5 Å². The second-order valence-electron chi connectivity index (χ2n) is 7.08. The maximum atomic E-state index is 10.6. The van der Waals surface area contributed by atoms with Gasteiger partial charge in [-0.05, 0) is 84.3 Å². The SMILES string of the molecule is Oc1cc(CCc2cc(O)c(O)c(O)c2)c(O)c(CCc2cc(O)c(O)c(O)c2)c1. The summed E-state index contributed by atoms with van der Waals surface area (Å²) in [7, 11) is 0. The van der Waals surface area contributed by atoms with E-state index >= 15 is 0 Å². The average Bonchev–Trinajstić information content (AvgIpc) is 2.69. The molecule has 0 fully saturated rings. The third-order valence-electron chi connectivity index (χ3n) is 4.88. The second kappa shape index (κ2) is 8.20. The van der Waals surface area contributed by atoms with Gasteiger partial charge in [0, 0.05) is 0 Å². The molecule has 0 bridgehead atoms. The standard InChI is InChI=1S/C22H22O8/c23-15-9-13(3-1-11-5-16(24)21(29)17(25)6-11)20(28)14(10-15)4-2-12-7-18(26)22(30)19(27)8-12/h5-10,23-30H,1-4H2. The molecule has 158 valence electrons. The van der Waals surface area contributed by atoms with Crippen molar-refractivity contribution < 1.29 is 40.9 Å². The monoisotopic (exact) mass is 414 g/mol. The molecule has 0 atom stereocenters. The molecule has 8 N–H and O–H groups in total. The van der Waals surface area contributed by atoms with Crippen molar-refractivity contribution in [3.63, 3.8) is 0 Å². The van der Waals surface area contributed by atoms with Crippen molar-refractivity contribution in [3.8, 4) is 46.0 Å². The van der Waals surface area contributed by atoms with Crippen molar-refractivity contribution in [3.05, 3.63) is 58.7 Å². The van der Waals surface area contributed by atoms with Gasteiger partial charge in [0.05, 0.1) is 0 Å². The fourth-order valence-electron chi connectivity index (χ4n) is 3.29. The van der Waals surface area contributed by atoms with Gasteiger partial charge in [0.15, 0.2) is 34.5 Å². The first-order valence-corrected chi connectivity index (χ1v) is 9.17. The van der Waals surface area contributed by atoms with E-state index in [0.29, 0.717) is 35.1 Å². The fourth-order valence-corrected chi connectivity index (χ4v) is 3.29. The van der Waals surface area contributed by atoms with Gasteiger partial charge in [-0.25, -0.2) is 0 Å². The quantitative estimate of drug-likeness (QED) is 0.225. The highest BCUT2D eigenvalue weighted by Crippen LogP contribution is 2.38. The van der Waals surface area contributed by atoms with E-state index in [1.54, 1.807) is 0 Å². The summed E-state index contributed by atoms with van der Waals surface area (Å²) >= 11 is 0. The first kappa shape index (κ1) is 20.8. The molecular weight excluding hydrogens is 392 g/mol. The molecule has 0 aliphatic heterocycles. The Kier molecular flexibility index (Phi) is 5.68. The Balaban J connectivity index is 1.77. The van der Waals surface area contributed by atoms with Gasteiger partial charge in [0.2, 0.25) is 0 Å². The molecule has 8 nitrogen and oxygen atoms in total. The van der Waals surface area contributed by atoms with Crippen LogP contribution in [-0.2, 0) is 25.7 Å². The Morgan fingerprint density at radius 2 is 0.733 bits per heavy atom. The molecule has 3 aromatic carbocycles. The molecule has 0 aliphatic carbocycles. The highest BCUT2D eigenvalue weighted by molar-refractivity contribution is 5.53. The van der Waals surface area contributed by atoms with Gasteiger partial charge in [0.1, 0.15) is 11.5 Å². The van der Waals surface area contributed by atoms with E-state index in [2.05, 4.69) is 0 Å². The van der Waals surface area contributed by atoms with Crippen LogP contribution in [0.25, 0.3) is 0 Å². The zero-order valence-corrected chi connectivity index (χ0v) is 15.9. The van der Waals surface area contributed by atoms with Crippen molar-refractivity contribution in [1.29, 1.82) is 0 Å². The molecule has 0 aliphatic rings. The molecule has 0 amide bonds. The first-order chi connectivity index (χ1) is 14.2. The van der Waals surface area contributed by atoms with E-state index in [4.69, 9.17) is 0 Å². The molecule has 3 rings (SSSR count). The lowest BCUT2D eigenvalue weighted by atomic mass is 9.97. The molecule has 30 heavy (non-hydrogen) atoms. The van der Waals surface area contributed by atoms with Gasteiger partial charge < -0.3 is 40.9 Å². The van der Waals surface area contributed by atoms with Crippen LogP contribution in [-0.4, -0.2) is 40.9 Å². The van der Waals surface area contributed by atoms with Gasteiger partial charge in [-0.2, -0.15) is 0 Å². The highest BCUT2D eigenvalue weighted by atomic mass is 16.3. The third-order valence-corrected chi connectivity index (χ3v) is 4.88. The molecule has 0 saturated carbocycles. The zero-order valence-electron chi connectivity index (χ0n) is 15.9. The number of hydrogen-bond donors (Lipinski definition) is 8. The molecule has 0 radical (unpaired) electrons. The third kappa shape index (κ3) is 4.38. The van der Waals surface area contributed by atoms with Crippen LogP contribution in [0, 0.1) is 0 Å². The minimum absolute atomic E-state index is 0.0211. The number of aryl methyl sites for hydroxylation is 4. The number of phenols is 8. The minimum Gasteiger partial charge on any atom is -0.508 e. The van der Waals surface area contributed by atoms with Crippen LogP contribution >= 0.6 is 0 Å². The summed E-state index contributed by atoms with van der Waals surface area (Å²) < 4.78 is 0. The van der Waals surface area contributed by atoms with Gasteiger partial charge in [-0.3, -0.25) is 0 Å². The van der Waals surface area contributed by atoms with Crippen molar-refractivity contribution >= 4 is 0 Å². The lowest BCUT2D eigenvalue weighted by Crippen LogP contribution is -1.97. The fraction of sp³-hybridized carbons (Fsp3) is 0.182. The Morgan fingerprint density at radius 3 is 1.07 bits per heavy atom. The maximum absolute atomic E-state index is 10.6. The van der Waals surface area contributed by atoms with Crippen LogP contribution in [0.1, 0.15) is 22.3 Å². The Hall–Kier alpha value is -3.94. The first-order valence-electron chi connectivity index (χ1n) is 9.17. The Bertz CT molecular complexity index is 962. The van der Waals surface area contributed by atoms with E-state index in [-0.39, 0.29) is 24.3 Å². The van der Waals surface area contributed by atoms with E-state index in [0.717, 1.165) is 0 Å². The van der Waals surface area contributed by atoms with Crippen molar-refractivity contribution in [2.45, 2.75) is 25.7 Å². The number of phenolic OH excluding ortho intramolecular Hbond substituents is 8. The normalized spacial score (nSPS) is 10.9. The predicted octanol–water partition coefficient (Wildman–Crippen LogP) is 2.90. The van der Waals surface area contributed by atoms with Gasteiger partial charge in [-0.1, -0.05) is 0 Å².